The Kier molecular flexibility index (Phi) is 10.3. The average molecular weight is 602 g/mol. The topological polar surface area (TPSA) is 86.8 Å². The number of carbonyl (C=O) groups is 2. The van der Waals surface area contributed by atoms with Gasteiger partial charge in [0.2, 0.25) is 11.8 Å². The first-order valence-electron chi connectivity index (χ1n) is 14.1. The van der Waals surface area contributed by atoms with E-state index in [1.165, 1.54) is 35.2 Å². The molecule has 0 aliphatic rings. The van der Waals surface area contributed by atoms with Gasteiger partial charge in [0, 0.05) is 19.0 Å². The molecule has 0 aliphatic heterocycles. The maximum atomic E-state index is 15.2. The number of para-hydroxylation sites is 1. The van der Waals surface area contributed by atoms with Crippen LogP contribution in [0.25, 0.3) is 0 Å². The number of nitrogens with zero attached hydrogens (tertiary/aromatic N) is 2. The lowest BCUT2D eigenvalue weighted by Crippen LogP contribution is -2.54. The fourth-order valence-electron chi connectivity index (χ4n) is 4.79. The molecule has 43 heavy (non-hydrogen) atoms. The molecule has 4 rings (SSSR count). The van der Waals surface area contributed by atoms with Gasteiger partial charge in [0.15, 0.2) is 0 Å². The third-order valence-corrected chi connectivity index (χ3v) is 8.81. The summed E-state index contributed by atoms with van der Waals surface area (Å²) in [4.78, 5) is 29.4. The Bertz CT molecular complexity index is 1650. The van der Waals surface area contributed by atoms with Crippen molar-refractivity contribution in [2.75, 3.05) is 10.8 Å². The van der Waals surface area contributed by atoms with E-state index in [4.69, 9.17) is 0 Å². The van der Waals surface area contributed by atoms with E-state index in [9.17, 15) is 18.0 Å². The number of benzene rings is 4. The van der Waals surface area contributed by atoms with Gasteiger partial charge in [0.1, 0.15) is 18.4 Å². The van der Waals surface area contributed by atoms with E-state index in [-0.39, 0.29) is 35.5 Å². The van der Waals surface area contributed by atoms with Crippen LogP contribution in [0.4, 0.5) is 10.1 Å². The van der Waals surface area contributed by atoms with E-state index < -0.39 is 34.3 Å². The van der Waals surface area contributed by atoms with Gasteiger partial charge < -0.3 is 10.2 Å². The lowest BCUT2D eigenvalue weighted by Gasteiger charge is -2.34. The van der Waals surface area contributed by atoms with Crippen LogP contribution in [0.5, 0.6) is 0 Å². The number of carbonyl (C=O) groups excluding carboxylic acids is 2. The molecular weight excluding hydrogens is 565 g/mol. The Balaban J connectivity index is 1.82. The lowest BCUT2D eigenvalue weighted by molar-refractivity contribution is -0.140. The number of hydrogen-bond donors (Lipinski definition) is 1. The second-order valence-corrected chi connectivity index (χ2v) is 12.5. The summed E-state index contributed by atoms with van der Waals surface area (Å²) in [5.74, 6) is -1.81. The average Bonchev–Trinajstić information content (AvgIpc) is 2.99. The van der Waals surface area contributed by atoms with Crippen molar-refractivity contribution >= 4 is 27.5 Å². The Morgan fingerprint density at radius 1 is 0.814 bits per heavy atom. The van der Waals surface area contributed by atoms with Crippen molar-refractivity contribution in [3.63, 3.8) is 0 Å². The highest BCUT2D eigenvalue weighted by atomic mass is 32.2. The fraction of sp³-hybridized carbons (Fsp3) is 0.235. The second-order valence-electron chi connectivity index (χ2n) is 10.6. The van der Waals surface area contributed by atoms with Crippen LogP contribution in [0.15, 0.2) is 114 Å². The van der Waals surface area contributed by atoms with Gasteiger partial charge in [-0.3, -0.25) is 13.9 Å². The molecule has 0 bridgehead atoms. The van der Waals surface area contributed by atoms with Crippen LogP contribution < -0.4 is 9.62 Å². The van der Waals surface area contributed by atoms with Crippen molar-refractivity contribution < 1.29 is 22.4 Å². The highest BCUT2D eigenvalue weighted by molar-refractivity contribution is 7.92. The molecule has 0 radical (unpaired) electrons. The zero-order chi connectivity index (χ0) is 31.0. The third-order valence-electron chi connectivity index (χ3n) is 7.04. The van der Waals surface area contributed by atoms with Crippen LogP contribution in [0.1, 0.15) is 30.5 Å². The highest BCUT2D eigenvalue weighted by Gasteiger charge is 2.35. The Morgan fingerprint density at radius 2 is 1.40 bits per heavy atom. The smallest absolute Gasteiger partial charge is 0.264 e. The van der Waals surface area contributed by atoms with Crippen LogP contribution >= 0.6 is 0 Å². The van der Waals surface area contributed by atoms with E-state index >= 15 is 4.39 Å². The summed E-state index contributed by atoms with van der Waals surface area (Å²) >= 11 is 0. The van der Waals surface area contributed by atoms with Gasteiger partial charge in [0.05, 0.1) is 10.6 Å². The van der Waals surface area contributed by atoms with Gasteiger partial charge in [-0.15, -0.1) is 0 Å². The van der Waals surface area contributed by atoms with Crippen LogP contribution in [0.3, 0.4) is 0 Å². The van der Waals surface area contributed by atoms with Gasteiger partial charge in [-0.25, -0.2) is 12.8 Å². The summed E-state index contributed by atoms with van der Waals surface area (Å²) in [6, 6.07) is 28.6. The standard InChI is InChI=1S/C34H36FN3O4S/c1-25(2)36-34(40)32(22-27-15-6-4-7-16-27)37(23-28-17-11-10-14-26(28)3)33(39)24-38(31-21-13-12-20-30(31)35)43(41,42)29-18-8-5-9-19-29/h4-21,25,32H,22-24H2,1-3H3,(H,36,40)/t32-/m1/s1. The fourth-order valence-corrected chi connectivity index (χ4v) is 6.24. The third kappa shape index (κ3) is 7.87. The van der Waals surface area contributed by atoms with E-state index in [0.717, 1.165) is 27.1 Å². The molecule has 0 aliphatic carbocycles. The first-order valence-corrected chi connectivity index (χ1v) is 15.5. The number of anilines is 1. The predicted molar refractivity (Wildman–Crippen MR) is 166 cm³/mol. The molecule has 0 fully saturated rings. The minimum atomic E-state index is -4.36. The van der Waals surface area contributed by atoms with Crippen molar-refractivity contribution in [1.29, 1.82) is 0 Å². The Hall–Kier alpha value is -4.50. The van der Waals surface area contributed by atoms with Crippen LogP contribution in [-0.4, -0.2) is 43.8 Å². The number of halogens is 1. The maximum absolute atomic E-state index is 15.2. The minimum Gasteiger partial charge on any atom is -0.352 e. The molecule has 224 valence electrons. The molecule has 4 aromatic rings. The molecule has 7 nitrogen and oxygen atoms in total. The van der Waals surface area contributed by atoms with Crippen molar-refractivity contribution in [1.82, 2.24) is 10.2 Å². The number of sulfonamides is 1. The van der Waals surface area contributed by atoms with Crippen molar-refractivity contribution in [2.24, 2.45) is 0 Å². The molecule has 2 amide bonds. The molecule has 0 aromatic heterocycles. The summed E-state index contributed by atoms with van der Waals surface area (Å²) < 4.78 is 43.8. The van der Waals surface area contributed by atoms with Gasteiger partial charge in [-0.05, 0) is 61.7 Å². The monoisotopic (exact) mass is 601 g/mol. The SMILES string of the molecule is Cc1ccccc1CN(C(=O)CN(c1ccccc1F)S(=O)(=O)c1ccccc1)[C@H](Cc1ccccc1)C(=O)NC(C)C. The van der Waals surface area contributed by atoms with Gasteiger partial charge in [0.25, 0.3) is 10.0 Å². The summed E-state index contributed by atoms with van der Waals surface area (Å²) in [5.41, 5.74) is 2.28. The molecule has 4 aromatic carbocycles. The van der Waals surface area contributed by atoms with Gasteiger partial charge >= 0.3 is 0 Å². The molecular formula is C34H36FN3O4S. The molecule has 0 saturated carbocycles. The predicted octanol–water partition coefficient (Wildman–Crippen LogP) is 5.49. The summed E-state index contributed by atoms with van der Waals surface area (Å²) in [7, 11) is -4.36. The number of rotatable bonds is 12. The number of aryl methyl sites for hydroxylation is 1. The van der Waals surface area contributed by atoms with E-state index in [0.29, 0.717) is 0 Å². The zero-order valence-electron chi connectivity index (χ0n) is 24.5. The maximum Gasteiger partial charge on any atom is 0.264 e. The van der Waals surface area contributed by atoms with Crippen molar-refractivity contribution in [3.8, 4) is 0 Å². The molecule has 9 heteroatoms. The van der Waals surface area contributed by atoms with Gasteiger partial charge in [-0.1, -0.05) is 84.9 Å². The molecule has 0 heterocycles. The molecule has 0 spiro atoms. The van der Waals surface area contributed by atoms with Crippen LogP contribution in [0, 0.1) is 12.7 Å². The summed E-state index contributed by atoms with van der Waals surface area (Å²) in [6.07, 6.45) is 0.197. The molecule has 1 N–H and O–H groups in total. The minimum absolute atomic E-state index is 0.0466. The highest BCUT2D eigenvalue weighted by Crippen LogP contribution is 2.27. The summed E-state index contributed by atoms with van der Waals surface area (Å²) in [6.45, 7) is 4.90. The lowest BCUT2D eigenvalue weighted by atomic mass is 10.0. The molecule has 0 saturated heterocycles. The summed E-state index contributed by atoms with van der Waals surface area (Å²) in [5, 5.41) is 2.92. The molecule has 1 atom stereocenters. The normalized spacial score (nSPS) is 12.0. The first-order chi connectivity index (χ1) is 20.6. The number of amides is 2. The Labute approximate surface area is 253 Å². The molecule has 0 unspecified atom stereocenters. The Morgan fingerprint density at radius 3 is 2.02 bits per heavy atom. The van der Waals surface area contributed by atoms with Crippen molar-refractivity contribution in [2.45, 2.75) is 50.7 Å². The largest absolute Gasteiger partial charge is 0.352 e. The first kappa shape index (κ1) is 31.4. The van der Waals surface area contributed by atoms with E-state index in [2.05, 4.69) is 5.32 Å². The number of hydrogen-bond acceptors (Lipinski definition) is 4. The second kappa shape index (κ2) is 14.1. The quantitative estimate of drug-likeness (QED) is 0.233. The number of nitrogens with one attached hydrogen (secondary N) is 1. The zero-order valence-corrected chi connectivity index (χ0v) is 25.3. The van der Waals surface area contributed by atoms with E-state index in [1.807, 2.05) is 75.4 Å². The van der Waals surface area contributed by atoms with E-state index in [1.54, 1.807) is 18.2 Å². The van der Waals surface area contributed by atoms with Gasteiger partial charge in [-0.2, -0.15) is 0 Å². The van der Waals surface area contributed by atoms with Crippen LogP contribution in [-0.2, 0) is 32.6 Å². The van der Waals surface area contributed by atoms with Crippen LogP contribution in [0.2, 0.25) is 0 Å². The van der Waals surface area contributed by atoms with Crippen molar-refractivity contribution in [3.05, 3.63) is 132 Å².